The van der Waals surface area contributed by atoms with E-state index in [2.05, 4.69) is 30.8 Å². The lowest BCUT2D eigenvalue weighted by atomic mass is 9.82. The molecule has 1 fully saturated rings. The van der Waals surface area contributed by atoms with Crippen molar-refractivity contribution in [2.24, 2.45) is 0 Å². The average molecular weight is 363 g/mol. The largest absolute Gasteiger partial charge is 0.496 e. The second-order valence-corrected chi connectivity index (χ2v) is 7.34. The Hall–Kier alpha value is -2.75. The molecule has 2 aromatic carbocycles. The summed E-state index contributed by atoms with van der Waals surface area (Å²) in [4.78, 5) is 13.7. The Morgan fingerprint density at radius 1 is 1.19 bits per heavy atom. The number of benzene rings is 2. The lowest BCUT2D eigenvalue weighted by molar-refractivity contribution is -0.129. The van der Waals surface area contributed by atoms with Gasteiger partial charge in [-0.25, -0.2) is 0 Å². The van der Waals surface area contributed by atoms with Gasteiger partial charge in [-0.3, -0.25) is 4.79 Å². The van der Waals surface area contributed by atoms with Gasteiger partial charge in [0, 0.05) is 31.5 Å². The molecule has 2 aliphatic heterocycles. The molecule has 1 spiro atoms. The van der Waals surface area contributed by atoms with Gasteiger partial charge in [0.15, 0.2) is 0 Å². The Morgan fingerprint density at radius 3 is 2.70 bits per heavy atom. The molecule has 140 valence electrons. The van der Waals surface area contributed by atoms with E-state index in [0.29, 0.717) is 0 Å². The van der Waals surface area contributed by atoms with Gasteiger partial charge in [-0.05, 0) is 42.2 Å². The molecule has 1 amide bonds. The van der Waals surface area contributed by atoms with E-state index in [1.807, 2.05) is 23.1 Å². The maximum absolute atomic E-state index is 11.9. The normalized spacial score (nSPS) is 17.7. The first-order chi connectivity index (χ1) is 13.1. The highest BCUT2D eigenvalue weighted by Crippen LogP contribution is 2.42. The Balaban J connectivity index is 1.58. The average Bonchev–Trinajstić information content (AvgIpc) is 2.73. The fourth-order valence-electron chi connectivity index (χ4n) is 4.17. The van der Waals surface area contributed by atoms with Crippen molar-refractivity contribution in [2.75, 3.05) is 20.2 Å². The van der Waals surface area contributed by atoms with Gasteiger partial charge >= 0.3 is 0 Å². The van der Waals surface area contributed by atoms with E-state index >= 15 is 0 Å². The number of nitrogens with zero attached hydrogens (tertiary/aromatic N) is 1. The molecule has 0 aliphatic carbocycles. The number of ether oxygens (including phenoxy) is 2. The number of rotatable bonds is 3. The number of amides is 1. The second kappa shape index (κ2) is 7.10. The highest BCUT2D eigenvalue weighted by molar-refractivity contribution is 5.87. The molecule has 0 aromatic heterocycles. The van der Waals surface area contributed by atoms with Crippen LogP contribution >= 0.6 is 0 Å². The highest BCUT2D eigenvalue weighted by atomic mass is 16.5. The van der Waals surface area contributed by atoms with Gasteiger partial charge in [0.1, 0.15) is 17.1 Å². The second-order valence-electron chi connectivity index (χ2n) is 7.34. The number of likely N-dealkylation sites (tertiary alicyclic amines) is 1. The van der Waals surface area contributed by atoms with Crippen LogP contribution in [0.15, 0.2) is 55.1 Å². The minimum Gasteiger partial charge on any atom is -0.496 e. The Kier molecular flexibility index (Phi) is 4.65. The summed E-state index contributed by atoms with van der Waals surface area (Å²) < 4.78 is 12.1. The van der Waals surface area contributed by atoms with Crippen LogP contribution < -0.4 is 9.47 Å². The van der Waals surface area contributed by atoms with E-state index in [0.717, 1.165) is 61.4 Å². The number of hydrogen-bond donors (Lipinski definition) is 0. The monoisotopic (exact) mass is 363 g/mol. The summed E-state index contributed by atoms with van der Waals surface area (Å²) in [5, 5.41) is 0. The number of methoxy groups -OCH3 is 1. The third-order valence-corrected chi connectivity index (χ3v) is 5.82. The van der Waals surface area contributed by atoms with Crippen molar-refractivity contribution in [3.05, 3.63) is 60.7 Å². The first-order valence-corrected chi connectivity index (χ1v) is 9.51. The van der Waals surface area contributed by atoms with Crippen LogP contribution in [0.5, 0.6) is 11.5 Å². The molecule has 4 heteroatoms. The van der Waals surface area contributed by atoms with Crippen molar-refractivity contribution in [3.63, 3.8) is 0 Å². The van der Waals surface area contributed by atoms with E-state index in [4.69, 9.17) is 9.47 Å². The number of aryl methyl sites for hydroxylation is 1. The summed E-state index contributed by atoms with van der Waals surface area (Å²) in [6.07, 6.45) is 5.14. The summed E-state index contributed by atoms with van der Waals surface area (Å²) in [5.41, 5.74) is 3.26. The van der Waals surface area contributed by atoms with Crippen molar-refractivity contribution in [1.82, 2.24) is 4.90 Å². The van der Waals surface area contributed by atoms with Gasteiger partial charge in [0.25, 0.3) is 0 Å². The van der Waals surface area contributed by atoms with Crippen molar-refractivity contribution in [1.29, 1.82) is 0 Å². The summed E-state index contributed by atoms with van der Waals surface area (Å²) >= 11 is 0. The Morgan fingerprint density at radius 2 is 1.96 bits per heavy atom. The standard InChI is InChI=1S/C23H25NO3/c1-3-22(25)24-14-12-23(13-15-24)11-10-17-8-9-18(16-21(17)27-23)19-6-4-5-7-20(19)26-2/h3-9,16H,1,10-15H2,2H3. The molecule has 1 saturated heterocycles. The number of piperidine rings is 1. The molecule has 0 bridgehead atoms. The van der Waals surface area contributed by atoms with E-state index < -0.39 is 0 Å². The molecule has 2 aromatic rings. The quantitative estimate of drug-likeness (QED) is 0.766. The van der Waals surface area contributed by atoms with Crippen molar-refractivity contribution >= 4 is 5.91 Å². The summed E-state index contributed by atoms with van der Waals surface area (Å²) in [6, 6.07) is 14.5. The van der Waals surface area contributed by atoms with Gasteiger partial charge in [-0.2, -0.15) is 0 Å². The van der Waals surface area contributed by atoms with Crippen LogP contribution in [0, 0.1) is 0 Å². The van der Waals surface area contributed by atoms with Crippen LogP contribution in [-0.4, -0.2) is 36.6 Å². The van der Waals surface area contributed by atoms with Crippen LogP contribution in [0.3, 0.4) is 0 Å². The van der Waals surface area contributed by atoms with E-state index in [9.17, 15) is 4.79 Å². The predicted molar refractivity (Wildman–Crippen MR) is 106 cm³/mol. The molecule has 0 N–H and O–H groups in total. The maximum Gasteiger partial charge on any atom is 0.245 e. The summed E-state index contributed by atoms with van der Waals surface area (Å²) in [5.74, 6) is 1.84. The molecular formula is C23H25NO3. The van der Waals surface area contributed by atoms with Crippen LogP contribution in [0.1, 0.15) is 24.8 Å². The fraction of sp³-hybridized carbons (Fsp3) is 0.348. The third-order valence-electron chi connectivity index (χ3n) is 5.82. The van der Waals surface area contributed by atoms with Crippen LogP contribution in [0.25, 0.3) is 11.1 Å². The topological polar surface area (TPSA) is 38.8 Å². The zero-order valence-electron chi connectivity index (χ0n) is 15.7. The SMILES string of the molecule is C=CC(=O)N1CCC2(CCc3ccc(-c4ccccc4OC)cc3O2)CC1. The van der Waals surface area contributed by atoms with Crippen molar-refractivity contribution < 1.29 is 14.3 Å². The molecule has 2 heterocycles. The zero-order chi connectivity index (χ0) is 18.9. The van der Waals surface area contributed by atoms with Crippen LogP contribution in [0.4, 0.5) is 0 Å². The molecule has 0 saturated carbocycles. The first-order valence-electron chi connectivity index (χ1n) is 9.51. The van der Waals surface area contributed by atoms with E-state index in [1.165, 1.54) is 11.6 Å². The fourth-order valence-corrected chi connectivity index (χ4v) is 4.17. The number of carbonyl (C=O) groups is 1. The Bertz CT molecular complexity index is 866. The summed E-state index contributed by atoms with van der Waals surface area (Å²) in [7, 11) is 1.70. The molecule has 0 unspecified atom stereocenters. The minimum absolute atomic E-state index is 0.0134. The maximum atomic E-state index is 11.9. The molecule has 4 rings (SSSR count). The summed E-state index contributed by atoms with van der Waals surface area (Å²) in [6.45, 7) is 5.05. The molecule has 0 atom stereocenters. The van der Waals surface area contributed by atoms with Gasteiger partial charge < -0.3 is 14.4 Å². The van der Waals surface area contributed by atoms with Crippen molar-refractivity contribution in [3.8, 4) is 22.6 Å². The third kappa shape index (κ3) is 3.32. The highest BCUT2D eigenvalue weighted by Gasteiger charge is 2.40. The molecule has 2 aliphatic rings. The van der Waals surface area contributed by atoms with Crippen molar-refractivity contribution in [2.45, 2.75) is 31.3 Å². The molecular weight excluding hydrogens is 338 g/mol. The smallest absolute Gasteiger partial charge is 0.245 e. The van der Waals surface area contributed by atoms with Crippen LogP contribution in [-0.2, 0) is 11.2 Å². The molecule has 0 radical (unpaired) electrons. The molecule has 27 heavy (non-hydrogen) atoms. The van der Waals surface area contributed by atoms with Gasteiger partial charge in [0.2, 0.25) is 5.91 Å². The lowest BCUT2D eigenvalue weighted by Crippen LogP contribution is -2.50. The minimum atomic E-state index is -0.162. The first kappa shape index (κ1) is 17.7. The van der Waals surface area contributed by atoms with Gasteiger partial charge in [0.05, 0.1) is 7.11 Å². The zero-order valence-corrected chi connectivity index (χ0v) is 15.7. The van der Waals surface area contributed by atoms with E-state index in [1.54, 1.807) is 7.11 Å². The number of fused-ring (bicyclic) bond motifs is 1. The molecule has 4 nitrogen and oxygen atoms in total. The van der Waals surface area contributed by atoms with Crippen LogP contribution in [0.2, 0.25) is 0 Å². The number of carbonyl (C=O) groups excluding carboxylic acids is 1. The lowest BCUT2D eigenvalue weighted by Gasteiger charge is -2.44. The van der Waals surface area contributed by atoms with Gasteiger partial charge in [-0.15, -0.1) is 0 Å². The number of hydrogen-bond acceptors (Lipinski definition) is 3. The van der Waals surface area contributed by atoms with E-state index in [-0.39, 0.29) is 11.5 Å². The van der Waals surface area contributed by atoms with Gasteiger partial charge in [-0.1, -0.05) is 36.9 Å². The predicted octanol–water partition coefficient (Wildman–Crippen LogP) is 4.23. The Labute approximate surface area is 160 Å². The number of para-hydroxylation sites is 1.